The molecule has 1 aromatic heterocycles. The van der Waals surface area contributed by atoms with Gasteiger partial charge in [0.05, 0.1) is 5.69 Å². The van der Waals surface area contributed by atoms with Crippen LogP contribution in [-0.2, 0) is 4.87 Å². The first-order valence-electron chi connectivity index (χ1n) is 5.82. The highest BCUT2D eigenvalue weighted by Gasteiger charge is 2.38. The van der Waals surface area contributed by atoms with Crippen LogP contribution in [0.3, 0.4) is 0 Å². The maximum atomic E-state index is 4.50. The molecule has 0 radical (unpaired) electrons. The lowest BCUT2D eigenvalue weighted by atomic mass is 10.1. The Balaban J connectivity index is 2.03. The smallest absolute Gasteiger partial charge is 0.131 e. The third kappa shape index (κ3) is 1.71. The van der Waals surface area contributed by atoms with E-state index in [0.717, 1.165) is 12.1 Å². The van der Waals surface area contributed by atoms with Crippen molar-refractivity contribution in [2.75, 3.05) is 5.32 Å². The van der Waals surface area contributed by atoms with Crippen LogP contribution in [0.15, 0.2) is 53.6 Å². The van der Waals surface area contributed by atoms with Gasteiger partial charge in [0, 0.05) is 16.8 Å². The molecule has 1 aliphatic heterocycles. The molecule has 1 atom stereocenters. The number of para-hydroxylation sites is 1. The fourth-order valence-corrected chi connectivity index (χ4v) is 3.43. The average molecular weight is 242 g/mol. The lowest BCUT2D eigenvalue weighted by Gasteiger charge is -2.27. The summed E-state index contributed by atoms with van der Waals surface area (Å²) >= 11 is 1.86. The van der Waals surface area contributed by atoms with E-state index in [2.05, 4.69) is 47.6 Å². The number of thioether (sulfide) groups is 1. The van der Waals surface area contributed by atoms with E-state index in [1.807, 2.05) is 30.1 Å². The zero-order chi connectivity index (χ0) is 11.7. The topological polar surface area (TPSA) is 24.9 Å². The molecule has 0 fully saturated rings. The fraction of sp³-hybridized carbons (Fsp3) is 0.214. The Hall–Kier alpha value is -1.48. The van der Waals surface area contributed by atoms with Gasteiger partial charge in [-0.1, -0.05) is 36.9 Å². The summed E-state index contributed by atoms with van der Waals surface area (Å²) in [7, 11) is 0. The minimum absolute atomic E-state index is 0.106. The zero-order valence-corrected chi connectivity index (χ0v) is 10.5. The Bertz CT molecular complexity index is 500. The van der Waals surface area contributed by atoms with Crippen LogP contribution in [0.4, 0.5) is 5.69 Å². The summed E-state index contributed by atoms with van der Waals surface area (Å²) in [4.78, 5) is 5.70. The molecule has 17 heavy (non-hydrogen) atoms. The van der Waals surface area contributed by atoms with Gasteiger partial charge in [-0.3, -0.25) is 4.98 Å². The van der Waals surface area contributed by atoms with Crippen molar-refractivity contribution >= 4 is 17.4 Å². The van der Waals surface area contributed by atoms with Crippen molar-refractivity contribution in [3.63, 3.8) is 0 Å². The number of anilines is 1. The molecule has 2 nitrogen and oxygen atoms in total. The molecule has 3 heteroatoms. The molecule has 0 unspecified atom stereocenters. The van der Waals surface area contributed by atoms with E-state index in [-0.39, 0.29) is 4.87 Å². The lowest BCUT2D eigenvalue weighted by Crippen LogP contribution is -2.28. The number of nitrogens with zero attached hydrogens (tertiary/aromatic N) is 1. The van der Waals surface area contributed by atoms with E-state index in [1.54, 1.807) is 0 Å². The van der Waals surface area contributed by atoms with Crippen LogP contribution in [0.5, 0.6) is 0 Å². The zero-order valence-electron chi connectivity index (χ0n) is 9.68. The molecule has 2 aromatic rings. The molecule has 1 aliphatic rings. The second-order valence-corrected chi connectivity index (χ2v) is 5.46. The van der Waals surface area contributed by atoms with Crippen LogP contribution in [0.25, 0.3) is 0 Å². The van der Waals surface area contributed by atoms with Crippen molar-refractivity contribution in [3.8, 4) is 0 Å². The second-order valence-electron chi connectivity index (χ2n) is 4.12. The first-order chi connectivity index (χ1) is 8.34. The molecular weight excluding hydrogens is 228 g/mol. The summed E-state index contributed by atoms with van der Waals surface area (Å²) in [6.07, 6.45) is 2.86. The Labute approximate surface area is 105 Å². The molecule has 2 heterocycles. The van der Waals surface area contributed by atoms with Gasteiger partial charge in [0.2, 0.25) is 0 Å². The number of benzene rings is 1. The Kier molecular flexibility index (Phi) is 2.56. The number of pyridine rings is 1. The highest BCUT2D eigenvalue weighted by Crippen LogP contribution is 2.51. The van der Waals surface area contributed by atoms with E-state index < -0.39 is 0 Å². The molecule has 0 bridgehead atoms. The molecule has 1 aromatic carbocycles. The maximum Gasteiger partial charge on any atom is 0.131 e. The maximum absolute atomic E-state index is 4.50. The number of aromatic nitrogens is 1. The van der Waals surface area contributed by atoms with Crippen molar-refractivity contribution < 1.29 is 0 Å². The number of rotatable bonds is 2. The Morgan fingerprint density at radius 1 is 1.18 bits per heavy atom. The average Bonchev–Trinajstić information content (AvgIpc) is 2.79. The van der Waals surface area contributed by atoms with Gasteiger partial charge >= 0.3 is 0 Å². The quantitative estimate of drug-likeness (QED) is 0.865. The van der Waals surface area contributed by atoms with Crippen LogP contribution in [0, 0.1) is 0 Å². The van der Waals surface area contributed by atoms with Crippen LogP contribution < -0.4 is 5.32 Å². The SMILES string of the molecule is CC[C@@]1(c2ccccn2)Nc2ccccc2S1. The van der Waals surface area contributed by atoms with E-state index >= 15 is 0 Å². The number of hydrogen-bond acceptors (Lipinski definition) is 3. The molecule has 0 saturated carbocycles. The van der Waals surface area contributed by atoms with E-state index in [1.165, 1.54) is 10.6 Å². The van der Waals surface area contributed by atoms with Crippen molar-refractivity contribution in [3.05, 3.63) is 54.4 Å². The minimum Gasteiger partial charge on any atom is -0.365 e. The van der Waals surface area contributed by atoms with Gasteiger partial charge in [-0.15, -0.1) is 0 Å². The van der Waals surface area contributed by atoms with Gasteiger partial charge in [0.1, 0.15) is 4.87 Å². The molecule has 86 valence electrons. The van der Waals surface area contributed by atoms with Crippen LogP contribution in [-0.4, -0.2) is 4.98 Å². The summed E-state index contributed by atoms with van der Waals surface area (Å²) in [6, 6.07) is 14.5. The van der Waals surface area contributed by atoms with Crippen molar-refractivity contribution in [2.45, 2.75) is 23.1 Å². The number of nitrogens with one attached hydrogen (secondary N) is 1. The molecule has 0 amide bonds. The van der Waals surface area contributed by atoms with Crippen molar-refractivity contribution in [1.82, 2.24) is 4.98 Å². The van der Waals surface area contributed by atoms with Crippen molar-refractivity contribution in [1.29, 1.82) is 0 Å². The number of hydrogen-bond donors (Lipinski definition) is 1. The summed E-state index contributed by atoms with van der Waals surface area (Å²) in [5.74, 6) is 0. The largest absolute Gasteiger partial charge is 0.365 e. The molecular formula is C14H14N2S. The van der Waals surface area contributed by atoms with E-state index in [0.29, 0.717) is 0 Å². The normalized spacial score (nSPS) is 21.9. The third-order valence-electron chi connectivity index (χ3n) is 3.08. The summed E-state index contributed by atoms with van der Waals surface area (Å²) in [5.41, 5.74) is 2.31. The van der Waals surface area contributed by atoms with Gasteiger partial charge < -0.3 is 5.32 Å². The highest BCUT2D eigenvalue weighted by atomic mass is 32.2. The van der Waals surface area contributed by atoms with Crippen LogP contribution in [0.1, 0.15) is 19.0 Å². The molecule has 1 N–H and O–H groups in total. The van der Waals surface area contributed by atoms with Gasteiger partial charge in [-0.05, 0) is 30.7 Å². The second kappa shape index (κ2) is 4.08. The van der Waals surface area contributed by atoms with Gasteiger partial charge in [-0.25, -0.2) is 0 Å². The van der Waals surface area contributed by atoms with Crippen molar-refractivity contribution in [2.24, 2.45) is 0 Å². The number of fused-ring (bicyclic) bond motifs is 1. The standard InChI is InChI=1S/C14H14N2S/c1-2-14(13-9-5-6-10-15-13)16-11-7-3-4-8-12(11)17-14/h3-10,16H,2H2,1H3/t14-/m1/s1. The third-order valence-corrected chi connectivity index (χ3v) is 4.61. The summed E-state index contributed by atoms with van der Waals surface area (Å²) < 4.78 is 0. The molecule has 0 aliphatic carbocycles. The summed E-state index contributed by atoms with van der Waals surface area (Å²) in [6.45, 7) is 2.19. The van der Waals surface area contributed by atoms with Gasteiger partial charge in [0.15, 0.2) is 0 Å². The molecule has 3 rings (SSSR count). The Morgan fingerprint density at radius 3 is 2.71 bits per heavy atom. The lowest BCUT2D eigenvalue weighted by molar-refractivity contribution is 0.668. The van der Waals surface area contributed by atoms with Gasteiger partial charge in [-0.2, -0.15) is 0 Å². The first kappa shape index (κ1) is 10.7. The van der Waals surface area contributed by atoms with E-state index in [4.69, 9.17) is 0 Å². The highest BCUT2D eigenvalue weighted by molar-refractivity contribution is 8.00. The van der Waals surface area contributed by atoms with E-state index in [9.17, 15) is 0 Å². The molecule has 0 spiro atoms. The van der Waals surface area contributed by atoms with Crippen LogP contribution >= 0.6 is 11.8 Å². The first-order valence-corrected chi connectivity index (χ1v) is 6.63. The fourth-order valence-electron chi connectivity index (χ4n) is 2.15. The summed E-state index contributed by atoms with van der Waals surface area (Å²) in [5, 5.41) is 3.61. The van der Waals surface area contributed by atoms with Crippen LogP contribution in [0.2, 0.25) is 0 Å². The predicted octanol–water partition coefficient (Wildman–Crippen LogP) is 3.86. The predicted molar refractivity (Wildman–Crippen MR) is 72.1 cm³/mol. The van der Waals surface area contributed by atoms with Gasteiger partial charge in [0.25, 0.3) is 0 Å². The Morgan fingerprint density at radius 2 is 2.00 bits per heavy atom. The minimum atomic E-state index is -0.106. The molecule has 0 saturated heterocycles. The monoisotopic (exact) mass is 242 g/mol.